The summed E-state index contributed by atoms with van der Waals surface area (Å²) in [6.45, 7) is 4.02. The first-order chi connectivity index (χ1) is 7.75. The second kappa shape index (κ2) is 5.32. The maximum Gasteiger partial charge on any atom is 0.315 e. The SMILES string of the molecule is Cc1cscc1CNC(=O)NC1CCOC1. The number of carbonyl (C=O) groups is 1. The molecule has 1 aliphatic heterocycles. The maximum atomic E-state index is 11.5. The molecule has 88 valence electrons. The second-order valence-electron chi connectivity index (χ2n) is 3.97. The van der Waals surface area contributed by atoms with Crippen LogP contribution in [-0.2, 0) is 11.3 Å². The van der Waals surface area contributed by atoms with Crippen molar-refractivity contribution in [3.8, 4) is 0 Å². The molecule has 0 spiro atoms. The number of nitrogens with one attached hydrogen (secondary N) is 2. The summed E-state index contributed by atoms with van der Waals surface area (Å²) < 4.78 is 5.19. The summed E-state index contributed by atoms with van der Waals surface area (Å²) in [5.74, 6) is 0. The Hall–Kier alpha value is -1.07. The Balaban J connectivity index is 1.73. The van der Waals surface area contributed by atoms with Crippen LogP contribution in [0.25, 0.3) is 0 Å². The van der Waals surface area contributed by atoms with Gasteiger partial charge in [0, 0.05) is 13.2 Å². The van der Waals surface area contributed by atoms with Crippen molar-refractivity contribution >= 4 is 17.4 Å². The molecule has 0 aromatic carbocycles. The fourth-order valence-electron chi connectivity index (χ4n) is 1.63. The molecule has 1 fully saturated rings. The summed E-state index contributed by atoms with van der Waals surface area (Å²) in [7, 11) is 0. The highest BCUT2D eigenvalue weighted by atomic mass is 32.1. The van der Waals surface area contributed by atoms with E-state index in [9.17, 15) is 4.79 Å². The Morgan fingerprint density at radius 3 is 3.12 bits per heavy atom. The van der Waals surface area contributed by atoms with Crippen molar-refractivity contribution < 1.29 is 9.53 Å². The molecule has 1 aromatic rings. The van der Waals surface area contributed by atoms with Gasteiger partial charge in [0.15, 0.2) is 0 Å². The molecule has 2 rings (SSSR count). The van der Waals surface area contributed by atoms with E-state index >= 15 is 0 Å². The van der Waals surface area contributed by atoms with Gasteiger partial charge in [0.05, 0.1) is 12.6 Å². The predicted octanol–water partition coefficient (Wildman–Crippen LogP) is 1.64. The fraction of sp³-hybridized carbons (Fsp3) is 0.545. The van der Waals surface area contributed by atoms with Gasteiger partial charge in [-0.05, 0) is 35.2 Å². The Bertz CT molecular complexity index is 359. The van der Waals surface area contributed by atoms with E-state index in [-0.39, 0.29) is 12.1 Å². The Labute approximate surface area is 99.0 Å². The van der Waals surface area contributed by atoms with Crippen LogP contribution in [0, 0.1) is 6.92 Å². The molecule has 2 N–H and O–H groups in total. The van der Waals surface area contributed by atoms with Gasteiger partial charge in [0.2, 0.25) is 0 Å². The molecule has 0 radical (unpaired) electrons. The normalized spacial score (nSPS) is 19.7. The Morgan fingerprint density at radius 2 is 2.50 bits per heavy atom. The fourth-order valence-corrected chi connectivity index (χ4v) is 2.49. The van der Waals surface area contributed by atoms with Crippen LogP contribution in [0.15, 0.2) is 10.8 Å². The molecule has 1 aliphatic rings. The zero-order valence-electron chi connectivity index (χ0n) is 9.29. The third-order valence-corrected chi connectivity index (χ3v) is 3.58. The molecule has 4 nitrogen and oxygen atoms in total. The number of aryl methyl sites for hydroxylation is 1. The highest BCUT2D eigenvalue weighted by Gasteiger charge is 2.17. The van der Waals surface area contributed by atoms with Crippen LogP contribution in [0.2, 0.25) is 0 Å². The van der Waals surface area contributed by atoms with Gasteiger partial charge < -0.3 is 15.4 Å². The molecule has 16 heavy (non-hydrogen) atoms. The van der Waals surface area contributed by atoms with Gasteiger partial charge in [-0.1, -0.05) is 0 Å². The van der Waals surface area contributed by atoms with E-state index in [1.807, 2.05) is 0 Å². The monoisotopic (exact) mass is 240 g/mol. The molecule has 0 aliphatic carbocycles. The molecule has 1 aromatic heterocycles. The van der Waals surface area contributed by atoms with E-state index < -0.39 is 0 Å². The van der Waals surface area contributed by atoms with E-state index in [1.54, 1.807) is 11.3 Å². The Morgan fingerprint density at radius 1 is 1.62 bits per heavy atom. The largest absolute Gasteiger partial charge is 0.379 e. The lowest BCUT2D eigenvalue weighted by atomic mass is 10.2. The minimum absolute atomic E-state index is 0.110. The average Bonchev–Trinajstić information content (AvgIpc) is 2.87. The van der Waals surface area contributed by atoms with Crippen molar-refractivity contribution in [1.82, 2.24) is 10.6 Å². The number of hydrogen-bond acceptors (Lipinski definition) is 3. The van der Waals surface area contributed by atoms with E-state index in [0.29, 0.717) is 13.2 Å². The minimum atomic E-state index is -0.110. The van der Waals surface area contributed by atoms with Crippen molar-refractivity contribution in [2.24, 2.45) is 0 Å². The van der Waals surface area contributed by atoms with Crippen LogP contribution in [-0.4, -0.2) is 25.3 Å². The first-order valence-electron chi connectivity index (χ1n) is 5.39. The molecule has 1 unspecified atom stereocenters. The van der Waals surface area contributed by atoms with Gasteiger partial charge >= 0.3 is 6.03 Å². The number of amides is 2. The van der Waals surface area contributed by atoms with Crippen LogP contribution in [0.4, 0.5) is 4.79 Å². The maximum absolute atomic E-state index is 11.5. The summed E-state index contributed by atoms with van der Waals surface area (Å²) in [4.78, 5) is 11.5. The lowest BCUT2D eigenvalue weighted by Gasteiger charge is -2.11. The molecule has 2 amide bonds. The summed E-state index contributed by atoms with van der Waals surface area (Å²) in [5.41, 5.74) is 2.41. The predicted molar refractivity (Wildman–Crippen MR) is 63.7 cm³/mol. The van der Waals surface area contributed by atoms with Crippen LogP contribution in [0.3, 0.4) is 0 Å². The van der Waals surface area contributed by atoms with Crippen LogP contribution < -0.4 is 10.6 Å². The first-order valence-corrected chi connectivity index (χ1v) is 6.34. The zero-order chi connectivity index (χ0) is 11.4. The topological polar surface area (TPSA) is 50.4 Å². The molecule has 2 heterocycles. The van der Waals surface area contributed by atoms with Crippen LogP contribution in [0.5, 0.6) is 0 Å². The molecule has 1 atom stereocenters. The molecule has 0 bridgehead atoms. The number of hydrogen-bond donors (Lipinski definition) is 2. The highest BCUT2D eigenvalue weighted by Crippen LogP contribution is 2.12. The van der Waals surface area contributed by atoms with E-state index in [1.165, 1.54) is 11.1 Å². The quantitative estimate of drug-likeness (QED) is 0.844. The molecule has 0 saturated carbocycles. The average molecular weight is 240 g/mol. The van der Waals surface area contributed by atoms with E-state index in [2.05, 4.69) is 28.3 Å². The van der Waals surface area contributed by atoms with Gasteiger partial charge in [0.1, 0.15) is 0 Å². The zero-order valence-corrected chi connectivity index (χ0v) is 10.1. The molecular formula is C11H16N2O2S. The van der Waals surface area contributed by atoms with Gasteiger partial charge in [-0.15, -0.1) is 0 Å². The molecule has 1 saturated heterocycles. The minimum Gasteiger partial charge on any atom is -0.379 e. The van der Waals surface area contributed by atoms with Crippen molar-refractivity contribution in [3.63, 3.8) is 0 Å². The standard InChI is InChI=1S/C11H16N2O2S/c1-8-6-16-7-9(8)4-12-11(14)13-10-2-3-15-5-10/h6-7,10H,2-5H2,1H3,(H2,12,13,14). The smallest absolute Gasteiger partial charge is 0.315 e. The van der Waals surface area contributed by atoms with E-state index in [0.717, 1.165) is 13.0 Å². The van der Waals surface area contributed by atoms with Crippen LogP contribution in [0.1, 0.15) is 17.5 Å². The van der Waals surface area contributed by atoms with Crippen molar-refractivity contribution in [2.75, 3.05) is 13.2 Å². The summed E-state index contributed by atoms with van der Waals surface area (Å²) in [5, 5.41) is 9.89. The van der Waals surface area contributed by atoms with Crippen molar-refractivity contribution in [3.05, 3.63) is 21.9 Å². The molecule has 5 heteroatoms. The lowest BCUT2D eigenvalue weighted by molar-refractivity contribution is 0.188. The van der Waals surface area contributed by atoms with Crippen molar-refractivity contribution in [2.45, 2.75) is 25.9 Å². The van der Waals surface area contributed by atoms with Gasteiger partial charge in [0.25, 0.3) is 0 Å². The number of carbonyl (C=O) groups excluding carboxylic acids is 1. The second-order valence-corrected chi connectivity index (χ2v) is 4.71. The Kier molecular flexibility index (Phi) is 3.79. The number of rotatable bonds is 3. The number of urea groups is 1. The highest BCUT2D eigenvalue weighted by molar-refractivity contribution is 7.08. The van der Waals surface area contributed by atoms with Gasteiger partial charge in [-0.3, -0.25) is 0 Å². The van der Waals surface area contributed by atoms with Crippen molar-refractivity contribution in [1.29, 1.82) is 0 Å². The number of thiophene rings is 1. The third kappa shape index (κ3) is 2.96. The van der Waals surface area contributed by atoms with Gasteiger partial charge in [-0.25, -0.2) is 4.79 Å². The lowest BCUT2D eigenvalue weighted by Crippen LogP contribution is -2.42. The van der Waals surface area contributed by atoms with E-state index in [4.69, 9.17) is 4.74 Å². The summed E-state index contributed by atoms with van der Waals surface area (Å²) in [6, 6.07) is 0.0599. The summed E-state index contributed by atoms with van der Waals surface area (Å²) >= 11 is 1.66. The van der Waals surface area contributed by atoms with Gasteiger partial charge in [-0.2, -0.15) is 11.3 Å². The molecular weight excluding hydrogens is 224 g/mol. The first kappa shape index (κ1) is 11.4. The van der Waals surface area contributed by atoms with Crippen LogP contribution >= 0.6 is 11.3 Å². The summed E-state index contributed by atoms with van der Waals surface area (Å²) in [6.07, 6.45) is 0.908. The number of ether oxygens (including phenoxy) is 1. The third-order valence-electron chi connectivity index (χ3n) is 2.67.